The highest BCUT2D eigenvalue weighted by Gasteiger charge is 2.79. The maximum atomic E-state index is 14.4. The summed E-state index contributed by atoms with van der Waals surface area (Å²) in [5, 5.41) is 3.62. The van der Waals surface area contributed by atoms with Crippen molar-refractivity contribution in [2.24, 2.45) is 0 Å². The molecule has 2 aliphatic heterocycles. The minimum atomic E-state index is -1.29. The normalized spacial score (nSPS) is 20.3. The van der Waals surface area contributed by atoms with Crippen LogP contribution in [0.2, 0.25) is 5.02 Å². The first-order chi connectivity index (χ1) is 16.1. The molecule has 0 aliphatic carbocycles. The number of β-lactam (4-membered cyclic amide) rings is 1. The molecule has 0 bridgehead atoms. The van der Waals surface area contributed by atoms with Crippen LogP contribution in [0.3, 0.4) is 0 Å². The molecule has 1 unspecified atom stereocenters. The molecule has 0 radical (unpaired) electrons. The Labute approximate surface area is 196 Å². The van der Waals surface area contributed by atoms with Gasteiger partial charge in [-0.3, -0.25) is 14.5 Å². The summed E-state index contributed by atoms with van der Waals surface area (Å²) in [5.41, 5.74) is 1.14. The standard InChI is InChI=1S/C28H19ClN2O2/c29-21-15-17-22(18-16-21)31-26(33)27(19-9-3-1-4-10-19,20-11-5-2-6-12-20)28(31)23-13-7-8-14-24(23)30-25(28)32/h1-18H,(H,30,32). The van der Waals surface area contributed by atoms with E-state index >= 15 is 0 Å². The van der Waals surface area contributed by atoms with Gasteiger partial charge in [0.05, 0.1) is 0 Å². The highest BCUT2D eigenvalue weighted by atomic mass is 35.5. The average molecular weight is 451 g/mol. The van der Waals surface area contributed by atoms with Crippen LogP contribution in [0.1, 0.15) is 16.7 Å². The number of hydrogen-bond donors (Lipinski definition) is 1. The van der Waals surface area contributed by atoms with Gasteiger partial charge in [0.15, 0.2) is 5.54 Å². The second-order valence-corrected chi connectivity index (χ2v) is 8.75. The molecule has 5 heteroatoms. The van der Waals surface area contributed by atoms with Crippen molar-refractivity contribution in [2.45, 2.75) is 11.0 Å². The molecule has 4 nitrogen and oxygen atoms in total. The van der Waals surface area contributed by atoms with Gasteiger partial charge in [-0.05, 0) is 41.5 Å². The van der Waals surface area contributed by atoms with E-state index < -0.39 is 11.0 Å². The van der Waals surface area contributed by atoms with Crippen LogP contribution in [0.15, 0.2) is 109 Å². The third kappa shape index (κ3) is 2.36. The maximum absolute atomic E-state index is 14.4. The molecule has 4 aromatic rings. The number of fused-ring (bicyclic) bond motifs is 2. The number of nitrogens with zero attached hydrogens (tertiary/aromatic N) is 1. The van der Waals surface area contributed by atoms with Gasteiger partial charge in [0.1, 0.15) is 5.41 Å². The minimum Gasteiger partial charge on any atom is -0.323 e. The molecule has 4 aromatic carbocycles. The SMILES string of the molecule is O=C1N(c2ccc(Cl)cc2)C2(C(=O)Nc3ccccc32)C1(c1ccccc1)c1ccccc1. The number of anilines is 2. The zero-order valence-electron chi connectivity index (χ0n) is 17.5. The predicted octanol–water partition coefficient (Wildman–Crippen LogP) is 5.52. The molecule has 1 atom stereocenters. The lowest BCUT2D eigenvalue weighted by molar-refractivity contribution is -0.145. The zero-order valence-corrected chi connectivity index (χ0v) is 18.3. The fourth-order valence-electron chi connectivity index (χ4n) is 5.54. The van der Waals surface area contributed by atoms with Gasteiger partial charge in [0, 0.05) is 22.0 Å². The third-order valence-electron chi connectivity index (χ3n) is 6.79. The monoisotopic (exact) mass is 450 g/mol. The van der Waals surface area contributed by atoms with E-state index in [9.17, 15) is 9.59 Å². The number of halogens is 1. The quantitative estimate of drug-likeness (QED) is 0.418. The lowest BCUT2D eigenvalue weighted by atomic mass is 9.51. The van der Waals surface area contributed by atoms with Crippen molar-refractivity contribution in [3.63, 3.8) is 0 Å². The lowest BCUT2D eigenvalue weighted by Crippen LogP contribution is -2.81. The van der Waals surface area contributed by atoms with Gasteiger partial charge < -0.3 is 5.32 Å². The van der Waals surface area contributed by atoms with Crippen molar-refractivity contribution in [3.05, 3.63) is 131 Å². The van der Waals surface area contributed by atoms with Crippen molar-refractivity contribution < 1.29 is 9.59 Å². The second kappa shape index (κ2) is 7.06. The molecule has 33 heavy (non-hydrogen) atoms. The summed E-state index contributed by atoms with van der Waals surface area (Å²) in [4.78, 5) is 30.1. The first-order valence-electron chi connectivity index (χ1n) is 10.7. The summed E-state index contributed by atoms with van der Waals surface area (Å²) in [7, 11) is 0. The molecule has 2 amide bonds. The van der Waals surface area contributed by atoms with Crippen LogP contribution in [-0.2, 0) is 20.5 Å². The molecule has 2 aliphatic rings. The summed E-state index contributed by atoms with van der Waals surface area (Å²) < 4.78 is 0. The summed E-state index contributed by atoms with van der Waals surface area (Å²) in [6.45, 7) is 0. The summed E-state index contributed by atoms with van der Waals surface area (Å²) in [6.07, 6.45) is 0. The number of para-hydroxylation sites is 1. The molecular formula is C28H19ClN2O2. The molecule has 1 saturated heterocycles. The molecule has 1 spiro atoms. The van der Waals surface area contributed by atoms with Crippen LogP contribution >= 0.6 is 11.6 Å². The first-order valence-corrected chi connectivity index (χ1v) is 11.1. The summed E-state index contributed by atoms with van der Waals surface area (Å²) >= 11 is 6.14. The van der Waals surface area contributed by atoms with Crippen molar-refractivity contribution in [3.8, 4) is 0 Å². The van der Waals surface area contributed by atoms with Gasteiger partial charge in [-0.25, -0.2) is 0 Å². The van der Waals surface area contributed by atoms with E-state index in [1.165, 1.54) is 0 Å². The fourth-order valence-corrected chi connectivity index (χ4v) is 5.66. The molecule has 1 fully saturated rings. The number of benzene rings is 4. The van der Waals surface area contributed by atoms with E-state index in [4.69, 9.17) is 11.6 Å². The van der Waals surface area contributed by atoms with Gasteiger partial charge in [-0.15, -0.1) is 0 Å². The van der Waals surface area contributed by atoms with Crippen LogP contribution in [0.5, 0.6) is 0 Å². The highest BCUT2D eigenvalue weighted by Crippen LogP contribution is 2.64. The molecular weight excluding hydrogens is 432 g/mol. The van der Waals surface area contributed by atoms with Crippen LogP contribution < -0.4 is 10.2 Å². The van der Waals surface area contributed by atoms with Crippen LogP contribution in [0.4, 0.5) is 11.4 Å². The van der Waals surface area contributed by atoms with Gasteiger partial charge in [0.25, 0.3) is 5.91 Å². The smallest absolute Gasteiger partial charge is 0.257 e. The summed E-state index contributed by atoms with van der Waals surface area (Å²) in [6, 6.07) is 33.8. The lowest BCUT2D eigenvalue weighted by Gasteiger charge is -2.62. The Morgan fingerprint density at radius 3 is 1.82 bits per heavy atom. The molecule has 160 valence electrons. The number of nitrogens with one attached hydrogen (secondary N) is 1. The van der Waals surface area contributed by atoms with Gasteiger partial charge in [0.2, 0.25) is 5.91 Å². The van der Waals surface area contributed by atoms with E-state index in [-0.39, 0.29) is 11.8 Å². The van der Waals surface area contributed by atoms with Crippen molar-refractivity contribution in [1.82, 2.24) is 0 Å². The molecule has 6 rings (SSSR count). The van der Waals surface area contributed by atoms with Gasteiger partial charge in [-0.1, -0.05) is 90.5 Å². The number of amides is 2. The number of rotatable bonds is 3. The Morgan fingerprint density at radius 1 is 0.667 bits per heavy atom. The number of carbonyl (C=O) groups is 2. The third-order valence-corrected chi connectivity index (χ3v) is 7.05. The van der Waals surface area contributed by atoms with E-state index in [1.807, 2.05) is 84.9 Å². The molecule has 1 N–H and O–H groups in total. The fraction of sp³-hybridized carbons (Fsp3) is 0.0714. The van der Waals surface area contributed by atoms with Crippen LogP contribution in [0, 0.1) is 0 Å². The van der Waals surface area contributed by atoms with Crippen LogP contribution in [-0.4, -0.2) is 11.8 Å². The van der Waals surface area contributed by atoms with E-state index in [0.29, 0.717) is 16.4 Å². The Bertz CT molecular complexity index is 1350. The van der Waals surface area contributed by atoms with Gasteiger partial charge in [-0.2, -0.15) is 0 Å². The molecule has 0 aromatic heterocycles. The Balaban J connectivity index is 1.74. The Kier molecular flexibility index (Phi) is 4.23. The van der Waals surface area contributed by atoms with Crippen molar-refractivity contribution >= 4 is 34.8 Å². The van der Waals surface area contributed by atoms with Crippen molar-refractivity contribution in [2.75, 3.05) is 10.2 Å². The molecule has 2 heterocycles. The molecule has 0 saturated carbocycles. The van der Waals surface area contributed by atoms with Gasteiger partial charge >= 0.3 is 0 Å². The number of hydrogen-bond acceptors (Lipinski definition) is 2. The minimum absolute atomic E-state index is 0.158. The zero-order chi connectivity index (χ0) is 22.6. The van der Waals surface area contributed by atoms with E-state index in [1.54, 1.807) is 29.2 Å². The summed E-state index contributed by atoms with van der Waals surface area (Å²) in [5.74, 6) is -0.389. The highest BCUT2D eigenvalue weighted by molar-refractivity contribution is 6.31. The number of carbonyl (C=O) groups excluding carboxylic acids is 2. The van der Waals surface area contributed by atoms with E-state index in [0.717, 1.165) is 16.7 Å². The first kappa shape index (κ1) is 19.8. The Hall–Kier alpha value is -3.89. The Morgan fingerprint density at radius 2 is 1.21 bits per heavy atom. The van der Waals surface area contributed by atoms with E-state index in [2.05, 4.69) is 5.32 Å². The second-order valence-electron chi connectivity index (χ2n) is 8.31. The predicted molar refractivity (Wildman–Crippen MR) is 129 cm³/mol. The van der Waals surface area contributed by atoms with Crippen LogP contribution in [0.25, 0.3) is 0 Å². The largest absolute Gasteiger partial charge is 0.323 e. The average Bonchev–Trinajstić information content (AvgIpc) is 3.16. The van der Waals surface area contributed by atoms with Crippen molar-refractivity contribution in [1.29, 1.82) is 0 Å². The maximum Gasteiger partial charge on any atom is 0.257 e. The topological polar surface area (TPSA) is 49.4 Å².